The molecule has 0 amide bonds. The highest BCUT2D eigenvalue weighted by molar-refractivity contribution is 6.09. The van der Waals surface area contributed by atoms with Crippen LogP contribution in [0.1, 0.15) is 22.3 Å². The molecule has 3 aromatic heterocycles. The van der Waals surface area contributed by atoms with Crippen LogP contribution >= 0.6 is 0 Å². The van der Waals surface area contributed by atoms with Gasteiger partial charge in [0.25, 0.3) is 0 Å². The standard InChI is InChI=1S/C51H31N3/c1-5-15-42-37(11-1)38-12-2-6-16-43(38)51(42)44-17-7-3-13-39(44)40-29-28-36(31-45(40)51)34-22-20-32(21-23-34)33-24-26-35(27-25-33)48-50-49(41-14-4-8-18-46(41)52-48)53-47-19-9-10-30-54(47)50/h1-31H. The average Bonchev–Trinajstić information content (AvgIpc) is 3.88. The van der Waals surface area contributed by atoms with E-state index >= 15 is 0 Å². The molecule has 7 aromatic carbocycles. The summed E-state index contributed by atoms with van der Waals surface area (Å²) < 4.78 is 2.15. The second-order valence-electron chi connectivity index (χ2n) is 14.5. The van der Waals surface area contributed by atoms with Crippen LogP contribution in [0.2, 0.25) is 0 Å². The Balaban J connectivity index is 0.936. The number of aromatic nitrogens is 3. The van der Waals surface area contributed by atoms with Gasteiger partial charge in [-0.25, -0.2) is 9.97 Å². The molecule has 0 fully saturated rings. The second kappa shape index (κ2) is 11.0. The number of imidazole rings is 1. The summed E-state index contributed by atoms with van der Waals surface area (Å²) in [6.45, 7) is 0. The van der Waals surface area contributed by atoms with Gasteiger partial charge in [0.2, 0.25) is 0 Å². The molecule has 0 N–H and O–H groups in total. The number of benzene rings is 7. The highest BCUT2D eigenvalue weighted by Crippen LogP contribution is 2.63. The largest absolute Gasteiger partial charge is 0.298 e. The molecular formula is C51H31N3. The zero-order chi connectivity index (χ0) is 35.4. The quantitative estimate of drug-likeness (QED) is 0.185. The van der Waals surface area contributed by atoms with E-state index in [0.717, 1.165) is 38.8 Å². The normalized spacial score (nSPS) is 13.3. The number of rotatable bonds is 3. The van der Waals surface area contributed by atoms with E-state index in [4.69, 9.17) is 9.97 Å². The summed E-state index contributed by atoms with van der Waals surface area (Å²) in [7, 11) is 0. The minimum absolute atomic E-state index is 0.342. The van der Waals surface area contributed by atoms with Crippen LogP contribution in [-0.4, -0.2) is 14.4 Å². The van der Waals surface area contributed by atoms with Crippen molar-refractivity contribution in [3.05, 3.63) is 210 Å². The van der Waals surface area contributed by atoms with Gasteiger partial charge < -0.3 is 0 Å². The third-order valence-corrected chi connectivity index (χ3v) is 11.9. The van der Waals surface area contributed by atoms with E-state index in [1.807, 2.05) is 18.2 Å². The van der Waals surface area contributed by atoms with E-state index < -0.39 is 0 Å². The predicted molar refractivity (Wildman–Crippen MR) is 221 cm³/mol. The molecule has 10 aromatic rings. The first-order chi connectivity index (χ1) is 26.8. The van der Waals surface area contributed by atoms with Crippen LogP contribution in [0.5, 0.6) is 0 Å². The topological polar surface area (TPSA) is 30.2 Å². The molecule has 12 rings (SSSR count). The summed E-state index contributed by atoms with van der Waals surface area (Å²) in [6.07, 6.45) is 2.08. The first kappa shape index (κ1) is 29.5. The molecule has 0 radical (unpaired) electrons. The van der Waals surface area contributed by atoms with E-state index in [1.165, 1.54) is 66.8 Å². The zero-order valence-corrected chi connectivity index (χ0v) is 29.2. The highest BCUT2D eigenvalue weighted by Gasteiger charge is 2.51. The Morgan fingerprint density at radius 2 is 0.889 bits per heavy atom. The summed E-state index contributed by atoms with van der Waals surface area (Å²) >= 11 is 0. The maximum Gasteiger partial charge on any atom is 0.137 e. The number of pyridine rings is 2. The molecule has 3 heteroatoms. The Kier molecular flexibility index (Phi) is 5.98. The predicted octanol–water partition coefficient (Wildman–Crippen LogP) is 12.4. The molecule has 54 heavy (non-hydrogen) atoms. The molecule has 1 spiro atoms. The van der Waals surface area contributed by atoms with Crippen molar-refractivity contribution in [2.45, 2.75) is 5.41 Å². The van der Waals surface area contributed by atoms with Gasteiger partial charge in [0.15, 0.2) is 0 Å². The second-order valence-corrected chi connectivity index (χ2v) is 14.5. The highest BCUT2D eigenvalue weighted by atomic mass is 15.0. The van der Waals surface area contributed by atoms with Crippen molar-refractivity contribution in [3.8, 4) is 55.8 Å². The van der Waals surface area contributed by atoms with E-state index in [2.05, 4.69) is 174 Å². The molecule has 0 aliphatic heterocycles. The maximum atomic E-state index is 5.17. The molecule has 3 heterocycles. The number of fused-ring (bicyclic) bond motifs is 15. The lowest BCUT2D eigenvalue weighted by atomic mass is 9.70. The lowest BCUT2D eigenvalue weighted by molar-refractivity contribution is 0.794. The van der Waals surface area contributed by atoms with Gasteiger partial charge in [-0.2, -0.15) is 0 Å². The molecule has 250 valence electrons. The van der Waals surface area contributed by atoms with E-state index in [-0.39, 0.29) is 5.41 Å². The van der Waals surface area contributed by atoms with Gasteiger partial charge in [0.05, 0.1) is 22.1 Å². The van der Waals surface area contributed by atoms with Crippen LogP contribution in [0.25, 0.3) is 83.3 Å². The smallest absolute Gasteiger partial charge is 0.137 e. The summed E-state index contributed by atoms with van der Waals surface area (Å²) in [6, 6.07) is 66.3. The van der Waals surface area contributed by atoms with Crippen LogP contribution in [0.15, 0.2) is 188 Å². The van der Waals surface area contributed by atoms with Gasteiger partial charge in [-0.15, -0.1) is 0 Å². The minimum Gasteiger partial charge on any atom is -0.298 e. The summed E-state index contributed by atoms with van der Waals surface area (Å²) in [4.78, 5) is 10.2. The summed E-state index contributed by atoms with van der Waals surface area (Å²) in [5.74, 6) is 0. The molecular weight excluding hydrogens is 655 g/mol. The molecule has 0 unspecified atom stereocenters. The molecule has 3 nitrogen and oxygen atoms in total. The van der Waals surface area contributed by atoms with Gasteiger partial charge in [0.1, 0.15) is 11.2 Å². The fourth-order valence-corrected chi connectivity index (χ4v) is 9.51. The van der Waals surface area contributed by atoms with Crippen molar-refractivity contribution in [1.29, 1.82) is 0 Å². The Hall–Kier alpha value is -7.10. The molecule has 0 atom stereocenters. The van der Waals surface area contributed by atoms with Gasteiger partial charge in [-0.1, -0.05) is 158 Å². The van der Waals surface area contributed by atoms with Crippen LogP contribution in [0, 0.1) is 0 Å². The van der Waals surface area contributed by atoms with Crippen LogP contribution in [0.3, 0.4) is 0 Å². The maximum absolute atomic E-state index is 5.17. The number of nitrogens with zero attached hydrogens (tertiary/aromatic N) is 3. The van der Waals surface area contributed by atoms with Gasteiger partial charge in [-0.05, 0) is 91.0 Å². The van der Waals surface area contributed by atoms with Crippen molar-refractivity contribution in [2.24, 2.45) is 0 Å². The van der Waals surface area contributed by atoms with Crippen LogP contribution in [-0.2, 0) is 5.41 Å². The van der Waals surface area contributed by atoms with Gasteiger partial charge >= 0.3 is 0 Å². The van der Waals surface area contributed by atoms with Crippen molar-refractivity contribution in [2.75, 3.05) is 0 Å². The molecule has 2 aliphatic carbocycles. The first-order valence-corrected chi connectivity index (χ1v) is 18.6. The summed E-state index contributed by atoms with van der Waals surface area (Å²) in [5, 5.41) is 1.07. The first-order valence-electron chi connectivity index (χ1n) is 18.6. The van der Waals surface area contributed by atoms with Crippen LogP contribution in [0.4, 0.5) is 0 Å². The third kappa shape index (κ3) is 3.90. The van der Waals surface area contributed by atoms with E-state index in [0.29, 0.717) is 0 Å². The van der Waals surface area contributed by atoms with E-state index in [1.54, 1.807) is 0 Å². The molecule has 0 bridgehead atoms. The SMILES string of the molecule is c1ccc2c(c1)-c1ccccc1C21c2ccccc2-c2ccc(-c3ccc(-c4ccc(-c5nc6ccccc6c6nc7ccccn7c56)cc4)cc3)cc21. The van der Waals surface area contributed by atoms with Gasteiger partial charge in [-0.3, -0.25) is 4.40 Å². The summed E-state index contributed by atoms with van der Waals surface area (Å²) in [5.41, 5.74) is 21.1. The van der Waals surface area contributed by atoms with Gasteiger partial charge in [0, 0.05) is 17.1 Å². The average molecular weight is 686 g/mol. The van der Waals surface area contributed by atoms with Crippen molar-refractivity contribution < 1.29 is 0 Å². The van der Waals surface area contributed by atoms with Crippen molar-refractivity contribution >= 4 is 27.6 Å². The molecule has 0 saturated carbocycles. The lowest BCUT2D eigenvalue weighted by Gasteiger charge is -2.30. The number of hydrogen-bond donors (Lipinski definition) is 0. The number of hydrogen-bond acceptors (Lipinski definition) is 2. The van der Waals surface area contributed by atoms with Crippen molar-refractivity contribution in [3.63, 3.8) is 0 Å². The lowest BCUT2D eigenvalue weighted by Crippen LogP contribution is -2.25. The van der Waals surface area contributed by atoms with Crippen molar-refractivity contribution in [1.82, 2.24) is 14.4 Å². The fraction of sp³-hybridized carbons (Fsp3) is 0.0196. The molecule has 2 aliphatic rings. The minimum atomic E-state index is -0.342. The Labute approximate surface area is 312 Å². The Bertz CT molecular complexity index is 3090. The fourth-order valence-electron chi connectivity index (χ4n) is 9.51. The Morgan fingerprint density at radius 1 is 0.389 bits per heavy atom. The molecule has 0 saturated heterocycles. The zero-order valence-electron chi connectivity index (χ0n) is 29.2. The van der Waals surface area contributed by atoms with E-state index in [9.17, 15) is 0 Å². The number of para-hydroxylation sites is 1. The van der Waals surface area contributed by atoms with Crippen LogP contribution < -0.4 is 0 Å². The third-order valence-electron chi connectivity index (χ3n) is 11.9. The Morgan fingerprint density at radius 3 is 1.54 bits per heavy atom. The monoisotopic (exact) mass is 685 g/mol.